The third-order valence-corrected chi connectivity index (χ3v) is 3.60. The summed E-state index contributed by atoms with van der Waals surface area (Å²) >= 11 is 5.61. The molecule has 0 aliphatic heterocycles. The molecule has 25 heavy (non-hydrogen) atoms. The minimum absolute atomic E-state index is 0.0514. The molecule has 1 N–H and O–H groups in total. The molecule has 0 bridgehead atoms. The van der Waals surface area contributed by atoms with E-state index >= 15 is 0 Å². The molecule has 2 rings (SSSR count). The first-order chi connectivity index (χ1) is 11.6. The first kappa shape index (κ1) is 19.0. The van der Waals surface area contributed by atoms with E-state index in [4.69, 9.17) is 11.6 Å². The van der Waals surface area contributed by atoms with Gasteiger partial charge in [-0.1, -0.05) is 11.6 Å². The number of hydrogen-bond acceptors (Lipinski definition) is 2. The van der Waals surface area contributed by atoms with Crippen molar-refractivity contribution in [1.82, 2.24) is 9.78 Å². The Balaban J connectivity index is 2.30. The van der Waals surface area contributed by atoms with Gasteiger partial charge < -0.3 is 5.32 Å². The number of carbonyl (C=O) groups excluding carboxylic acids is 1. The number of aromatic nitrogens is 2. The lowest BCUT2D eigenvalue weighted by Crippen LogP contribution is -2.22. The third kappa shape index (κ3) is 3.41. The van der Waals surface area contributed by atoms with E-state index in [9.17, 15) is 35.5 Å². The maximum absolute atomic E-state index is 13.5. The number of hydrogen-bond donors (Lipinski definition) is 1. The van der Waals surface area contributed by atoms with Crippen LogP contribution in [0.4, 0.5) is 36.4 Å². The zero-order valence-electron chi connectivity index (χ0n) is 12.1. The molecular weight excluding hydrogens is 383 g/mol. The van der Waals surface area contributed by atoms with Crippen molar-refractivity contribution in [3.8, 4) is 0 Å². The first-order valence-electron chi connectivity index (χ1n) is 6.38. The number of rotatable bonds is 4. The fourth-order valence-corrected chi connectivity index (χ4v) is 2.09. The highest BCUT2D eigenvalue weighted by Gasteiger charge is 2.27. The van der Waals surface area contributed by atoms with E-state index in [0.717, 1.165) is 0 Å². The van der Waals surface area contributed by atoms with Crippen LogP contribution in [0.25, 0.3) is 0 Å². The second kappa shape index (κ2) is 6.90. The van der Waals surface area contributed by atoms with Crippen LogP contribution in [0.3, 0.4) is 0 Å². The molecule has 0 fully saturated rings. The summed E-state index contributed by atoms with van der Waals surface area (Å²) in [5.41, 5.74) is -2.43. The zero-order valence-corrected chi connectivity index (χ0v) is 12.9. The lowest BCUT2D eigenvalue weighted by Gasteiger charge is -2.10. The van der Waals surface area contributed by atoms with Crippen LogP contribution in [-0.4, -0.2) is 15.7 Å². The highest BCUT2D eigenvalue weighted by atomic mass is 35.5. The summed E-state index contributed by atoms with van der Waals surface area (Å²) in [4.78, 5) is 11.8. The van der Waals surface area contributed by atoms with Crippen molar-refractivity contribution in [3.05, 3.63) is 45.5 Å². The number of alkyl halides is 2. The van der Waals surface area contributed by atoms with Gasteiger partial charge in [-0.05, 0) is 6.92 Å². The van der Waals surface area contributed by atoms with E-state index in [0.29, 0.717) is 4.68 Å². The number of benzene rings is 1. The highest BCUT2D eigenvalue weighted by molar-refractivity contribution is 6.31. The van der Waals surface area contributed by atoms with Crippen LogP contribution in [0.5, 0.6) is 0 Å². The van der Waals surface area contributed by atoms with Crippen LogP contribution < -0.4 is 5.32 Å². The number of carbonyl (C=O) groups is 1. The van der Waals surface area contributed by atoms with Crippen molar-refractivity contribution in [2.75, 3.05) is 5.32 Å². The maximum Gasteiger partial charge on any atom is 0.283 e. The molecule has 0 aliphatic rings. The predicted octanol–water partition coefficient (Wildman–Crippen LogP) is 4.12. The normalized spacial score (nSPS) is 11.3. The van der Waals surface area contributed by atoms with Gasteiger partial charge >= 0.3 is 0 Å². The van der Waals surface area contributed by atoms with E-state index in [-0.39, 0.29) is 5.69 Å². The molecule has 1 heterocycles. The van der Waals surface area contributed by atoms with Gasteiger partial charge in [0.1, 0.15) is 17.9 Å². The van der Waals surface area contributed by atoms with E-state index < -0.39 is 64.4 Å². The van der Waals surface area contributed by atoms with Crippen LogP contribution >= 0.6 is 11.6 Å². The predicted molar refractivity (Wildman–Crippen MR) is 71.8 cm³/mol. The van der Waals surface area contributed by atoms with Crippen LogP contribution in [0.15, 0.2) is 0 Å². The summed E-state index contributed by atoms with van der Waals surface area (Å²) in [6.07, 6.45) is -3.04. The summed E-state index contributed by atoms with van der Waals surface area (Å²) in [6, 6.07) is 0. The van der Waals surface area contributed by atoms with Gasteiger partial charge in [0.25, 0.3) is 6.43 Å². The van der Waals surface area contributed by atoms with Crippen molar-refractivity contribution in [3.63, 3.8) is 0 Å². The molecule has 0 saturated carbocycles. The Bertz CT molecular complexity index is 824. The van der Waals surface area contributed by atoms with Gasteiger partial charge in [-0.15, -0.1) is 0 Å². The van der Waals surface area contributed by atoms with Gasteiger partial charge in [0, 0.05) is 0 Å². The molecule has 2 aromatic rings. The van der Waals surface area contributed by atoms with Crippen molar-refractivity contribution in [2.24, 2.45) is 0 Å². The van der Waals surface area contributed by atoms with Crippen LogP contribution in [0.2, 0.25) is 5.02 Å². The van der Waals surface area contributed by atoms with Crippen LogP contribution in [-0.2, 0) is 11.3 Å². The Morgan fingerprint density at radius 3 is 2.00 bits per heavy atom. The van der Waals surface area contributed by atoms with E-state index in [1.54, 1.807) is 0 Å². The Morgan fingerprint density at radius 1 is 1.08 bits per heavy atom. The number of halogens is 8. The summed E-state index contributed by atoms with van der Waals surface area (Å²) in [6.45, 7) is 0.394. The molecule has 0 spiro atoms. The largest absolute Gasteiger partial charge is 0.319 e. The molecule has 0 radical (unpaired) electrons. The maximum atomic E-state index is 13.5. The summed E-state index contributed by atoms with van der Waals surface area (Å²) in [5, 5.41) is 4.44. The second-order valence-corrected chi connectivity index (χ2v) is 5.11. The fourth-order valence-electron chi connectivity index (χ4n) is 1.87. The van der Waals surface area contributed by atoms with E-state index in [2.05, 4.69) is 5.10 Å². The Morgan fingerprint density at radius 2 is 1.56 bits per heavy atom. The average Bonchev–Trinajstić information content (AvgIpc) is 2.83. The van der Waals surface area contributed by atoms with Crippen molar-refractivity contribution in [2.45, 2.75) is 19.9 Å². The number of anilines is 1. The zero-order chi connectivity index (χ0) is 19.0. The quantitative estimate of drug-likeness (QED) is 0.486. The molecule has 12 heteroatoms. The molecular formula is C13H7ClF7N3O. The minimum Gasteiger partial charge on any atom is -0.319 e. The molecule has 1 aromatic carbocycles. The number of nitrogens with one attached hydrogen (secondary N) is 1. The van der Waals surface area contributed by atoms with Gasteiger partial charge in [0.2, 0.25) is 11.7 Å². The van der Waals surface area contributed by atoms with Gasteiger partial charge in [-0.2, -0.15) is 5.10 Å². The van der Waals surface area contributed by atoms with E-state index in [1.165, 1.54) is 12.2 Å². The molecule has 0 unspecified atom stereocenters. The van der Waals surface area contributed by atoms with Gasteiger partial charge in [-0.3, -0.25) is 9.48 Å². The van der Waals surface area contributed by atoms with Gasteiger partial charge in [-0.25, -0.2) is 30.7 Å². The summed E-state index contributed by atoms with van der Waals surface area (Å²) in [7, 11) is 0. The van der Waals surface area contributed by atoms with Crippen molar-refractivity contribution < 1.29 is 35.5 Å². The fraction of sp³-hybridized carbons (Fsp3) is 0.231. The molecule has 0 atom stereocenters. The summed E-state index contributed by atoms with van der Waals surface area (Å²) < 4.78 is 92.0. The smallest absolute Gasteiger partial charge is 0.283 e. The summed E-state index contributed by atoms with van der Waals surface area (Å²) in [5.74, 6) is -12.6. The number of amides is 1. The standard InChI is InChI=1S/C13H7ClF7N3O/c1-3-5(14)11(13(20)21)23-24(3)2-4(25)22-12-9(18)7(16)6(15)8(17)10(12)19/h13H,2H2,1H3,(H,22,25). The number of nitrogens with zero attached hydrogens (tertiary/aromatic N) is 2. The Hall–Kier alpha value is -2.30. The van der Waals surface area contributed by atoms with Crippen molar-refractivity contribution >= 4 is 23.2 Å². The first-order valence-corrected chi connectivity index (χ1v) is 6.76. The Kier molecular flexibility index (Phi) is 5.26. The molecule has 0 aliphatic carbocycles. The molecule has 1 amide bonds. The topological polar surface area (TPSA) is 46.9 Å². The highest BCUT2D eigenvalue weighted by Crippen LogP contribution is 2.29. The Labute approximate surface area is 140 Å². The minimum atomic E-state index is -3.04. The third-order valence-electron chi connectivity index (χ3n) is 3.13. The lowest BCUT2D eigenvalue weighted by atomic mass is 10.2. The van der Waals surface area contributed by atoms with Crippen LogP contribution in [0, 0.1) is 36.0 Å². The molecule has 0 saturated heterocycles. The van der Waals surface area contributed by atoms with E-state index in [1.807, 2.05) is 0 Å². The van der Waals surface area contributed by atoms with Gasteiger partial charge in [0.05, 0.1) is 10.7 Å². The molecule has 136 valence electrons. The molecule has 4 nitrogen and oxygen atoms in total. The average molecular weight is 390 g/mol. The van der Waals surface area contributed by atoms with Crippen LogP contribution in [0.1, 0.15) is 17.8 Å². The monoisotopic (exact) mass is 389 g/mol. The van der Waals surface area contributed by atoms with Gasteiger partial charge in [0.15, 0.2) is 23.3 Å². The lowest BCUT2D eigenvalue weighted by molar-refractivity contribution is -0.117. The van der Waals surface area contributed by atoms with Crippen molar-refractivity contribution in [1.29, 1.82) is 0 Å². The molecule has 1 aromatic heterocycles. The second-order valence-electron chi connectivity index (χ2n) is 4.74. The SMILES string of the molecule is Cc1c(Cl)c(C(F)F)nn1CC(=O)Nc1c(F)c(F)c(F)c(F)c1F.